The summed E-state index contributed by atoms with van der Waals surface area (Å²) in [6.45, 7) is 4.51. The topological polar surface area (TPSA) is 12.9 Å². The number of benzene rings is 3. The van der Waals surface area contributed by atoms with Gasteiger partial charge < -0.3 is 6.42 Å². The van der Waals surface area contributed by atoms with Gasteiger partial charge in [0.2, 0.25) is 0 Å². The number of aromatic nitrogens is 1. The van der Waals surface area contributed by atoms with Crippen molar-refractivity contribution in [3.8, 4) is 27.6 Å². The molecule has 124 valence electrons. The number of hydrogen-bond donors (Lipinski definition) is 0. The molecule has 3 aromatic carbocycles. The Kier molecular flexibility index (Phi) is 3.13. The second-order valence-corrected chi connectivity index (χ2v) is 8.29. The van der Waals surface area contributed by atoms with Gasteiger partial charge in [-0.15, -0.1) is 29.0 Å². The van der Waals surface area contributed by atoms with E-state index in [1.807, 2.05) is 12.1 Å². The van der Waals surface area contributed by atoms with Crippen molar-refractivity contribution in [1.29, 1.82) is 0 Å². The summed E-state index contributed by atoms with van der Waals surface area (Å²) < 4.78 is 1.22. The first-order valence-electron chi connectivity index (χ1n) is 8.66. The van der Waals surface area contributed by atoms with Crippen molar-refractivity contribution in [2.45, 2.75) is 19.3 Å². The van der Waals surface area contributed by atoms with Gasteiger partial charge in [-0.3, -0.25) is 5.92 Å². The van der Waals surface area contributed by atoms with E-state index in [1.165, 1.54) is 32.5 Å². The molecule has 5 rings (SSSR count). The molecular formula is C24H16NS-. The van der Waals surface area contributed by atoms with E-state index in [0.717, 1.165) is 16.1 Å². The molecule has 0 N–H and O–H groups in total. The maximum atomic E-state index is 7.44. The first kappa shape index (κ1) is 15.4. The largest absolute Gasteiger partial charge is 0.366 e. The highest BCUT2D eigenvalue weighted by molar-refractivity contribution is 7.21. The zero-order valence-corrected chi connectivity index (χ0v) is 15.4. The lowest BCUT2D eigenvalue weighted by Gasteiger charge is -2.23. The second-order valence-electron chi connectivity index (χ2n) is 7.26. The molecule has 1 aromatic heterocycles. The summed E-state index contributed by atoms with van der Waals surface area (Å²) in [5.74, 6) is 2.52. The van der Waals surface area contributed by atoms with E-state index >= 15 is 0 Å². The SMILES string of the molecule is [C-]#Cc1ccc2c(c1)C(C)(C)c1cc(-c3nc4ccccc4s3)ccc1-2. The number of hydrogen-bond acceptors (Lipinski definition) is 2. The molecule has 1 aliphatic rings. The summed E-state index contributed by atoms with van der Waals surface area (Å²) in [5.41, 5.74) is 8.11. The van der Waals surface area contributed by atoms with Crippen LogP contribution in [-0.4, -0.2) is 4.98 Å². The third-order valence-corrected chi connectivity index (χ3v) is 6.45. The molecule has 0 aliphatic heterocycles. The molecule has 0 radical (unpaired) electrons. The summed E-state index contributed by atoms with van der Waals surface area (Å²) >= 11 is 1.74. The quantitative estimate of drug-likeness (QED) is 0.294. The molecule has 0 bridgehead atoms. The van der Waals surface area contributed by atoms with Gasteiger partial charge in [-0.2, -0.15) is 0 Å². The molecule has 0 spiro atoms. The van der Waals surface area contributed by atoms with Crippen LogP contribution in [0.2, 0.25) is 0 Å². The van der Waals surface area contributed by atoms with Gasteiger partial charge >= 0.3 is 0 Å². The zero-order valence-electron chi connectivity index (χ0n) is 14.6. The standard InChI is InChI=1S/C24H16NS/c1-4-15-9-11-17-18-12-10-16(14-20(18)24(2,3)19(17)13-15)23-25-21-7-5-6-8-22(21)26-23/h5-14H,2-3H3/q-1. The Morgan fingerprint density at radius 3 is 2.42 bits per heavy atom. The lowest BCUT2D eigenvalue weighted by Crippen LogP contribution is -2.15. The number of rotatable bonds is 1. The van der Waals surface area contributed by atoms with E-state index in [2.05, 4.69) is 68.3 Å². The molecule has 0 amide bonds. The number of thiazole rings is 1. The normalized spacial score (nSPS) is 14.0. The first-order chi connectivity index (χ1) is 12.6. The van der Waals surface area contributed by atoms with E-state index in [1.54, 1.807) is 11.3 Å². The summed E-state index contributed by atoms with van der Waals surface area (Å²) in [5, 5.41) is 1.06. The van der Waals surface area contributed by atoms with Gasteiger partial charge in [0.25, 0.3) is 0 Å². The predicted molar refractivity (Wildman–Crippen MR) is 109 cm³/mol. The lowest BCUT2D eigenvalue weighted by atomic mass is 9.81. The van der Waals surface area contributed by atoms with E-state index in [9.17, 15) is 0 Å². The fourth-order valence-corrected chi connectivity index (χ4v) is 4.91. The van der Waals surface area contributed by atoms with Gasteiger partial charge in [-0.1, -0.05) is 44.2 Å². The third-order valence-electron chi connectivity index (χ3n) is 5.36. The summed E-state index contributed by atoms with van der Waals surface area (Å²) in [6.07, 6.45) is 7.44. The van der Waals surface area contributed by atoms with Gasteiger partial charge in [0.15, 0.2) is 0 Å². The number of para-hydroxylation sites is 1. The Hall–Kier alpha value is -2.89. The molecule has 26 heavy (non-hydrogen) atoms. The van der Waals surface area contributed by atoms with Crippen molar-refractivity contribution >= 4 is 21.6 Å². The molecule has 0 unspecified atom stereocenters. The van der Waals surface area contributed by atoms with Crippen molar-refractivity contribution in [2.24, 2.45) is 0 Å². The Balaban J connectivity index is 1.69. The molecule has 0 atom stereocenters. The molecule has 2 heteroatoms. The predicted octanol–water partition coefficient (Wildman–Crippen LogP) is 6.21. The smallest absolute Gasteiger partial charge is 0.124 e. The molecule has 1 nitrogen and oxygen atoms in total. The van der Waals surface area contributed by atoms with Gasteiger partial charge in [-0.05, 0) is 40.5 Å². The van der Waals surface area contributed by atoms with Crippen molar-refractivity contribution < 1.29 is 0 Å². The van der Waals surface area contributed by atoms with E-state index < -0.39 is 0 Å². The van der Waals surface area contributed by atoms with Crippen LogP contribution in [0.5, 0.6) is 0 Å². The highest BCUT2D eigenvalue weighted by atomic mass is 32.1. The highest BCUT2D eigenvalue weighted by Crippen LogP contribution is 2.50. The number of fused-ring (bicyclic) bond motifs is 4. The Bertz CT molecular complexity index is 1190. The molecule has 0 saturated heterocycles. The first-order valence-corrected chi connectivity index (χ1v) is 9.48. The minimum atomic E-state index is -0.0930. The second kappa shape index (κ2) is 5.30. The van der Waals surface area contributed by atoms with Crippen LogP contribution < -0.4 is 0 Å². The fraction of sp³-hybridized carbons (Fsp3) is 0.125. The van der Waals surface area contributed by atoms with Crippen molar-refractivity contribution in [2.75, 3.05) is 0 Å². The zero-order chi connectivity index (χ0) is 17.9. The van der Waals surface area contributed by atoms with Crippen LogP contribution in [0.15, 0.2) is 60.7 Å². The molecule has 0 fully saturated rings. The summed E-state index contributed by atoms with van der Waals surface area (Å²) in [6, 6.07) is 21.2. The minimum absolute atomic E-state index is 0.0930. The average molecular weight is 350 g/mol. The molecule has 0 saturated carbocycles. The highest BCUT2D eigenvalue weighted by Gasteiger charge is 2.35. The van der Waals surface area contributed by atoms with Crippen LogP contribution in [0.4, 0.5) is 0 Å². The molecule has 1 aliphatic carbocycles. The van der Waals surface area contributed by atoms with Crippen LogP contribution in [0.3, 0.4) is 0 Å². The number of nitrogens with zero attached hydrogens (tertiary/aromatic N) is 1. The van der Waals surface area contributed by atoms with Gasteiger partial charge in [0.05, 0.1) is 10.2 Å². The lowest BCUT2D eigenvalue weighted by molar-refractivity contribution is 0.660. The van der Waals surface area contributed by atoms with Crippen LogP contribution in [0.25, 0.3) is 31.9 Å². The van der Waals surface area contributed by atoms with Crippen LogP contribution >= 0.6 is 11.3 Å². The van der Waals surface area contributed by atoms with Crippen LogP contribution in [0, 0.1) is 12.3 Å². The van der Waals surface area contributed by atoms with Gasteiger partial charge in [0, 0.05) is 11.0 Å². The summed E-state index contributed by atoms with van der Waals surface area (Å²) in [4.78, 5) is 4.82. The van der Waals surface area contributed by atoms with Crippen molar-refractivity contribution in [1.82, 2.24) is 4.98 Å². The fourth-order valence-electron chi connectivity index (χ4n) is 3.94. The Labute approximate surface area is 157 Å². The average Bonchev–Trinajstić information content (AvgIpc) is 3.19. The Morgan fingerprint density at radius 2 is 1.65 bits per heavy atom. The maximum absolute atomic E-state index is 7.44. The molecular weight excluding hydrogens is 334 g/mol. The van der Waals surface area contributed by atoms with Gasteiger partial charge in [-0.25, -0.2) is 4.98 Å². The maximum Gasteiger partial charge on any atom is 0.124 e. The summed E-state index contributed by atoms with van der Waals surface area (Å²) in [7, 11) is 0. The van der Waals surface area contributed by atoms with Crippen LogP contribution in [0.1, 0.15) is 30.5 Å². The van der Waals surface area contributed by atoms with Gasteiger partial charge in [0.1, 0.15) is 5.01 Å². The van der Waals surface area contributed by atoms with Crippen molar-refractivity contribution in [3.63, 3.8) is 0 Å². The van der Waals surface area contributed by atoms with Crippen molar-refractivity contribution in [3.05, 3.63) is 83.8 Å². The van der Waals surface area contributed by atoms with E-state index in [4.69, 9.17) is 11.4 Å². The minimum Gasteiger partial charge on any atom is -0.366 e. The third kappa shape index (κ3) is 2.08. The monoisotopic (exact) mass is 350 g/mol. The molecule has 1 heterocycles. The molecule has 4 aromatic rings. The van der Waals surface area contributed by atoms with E-state index in [0.29, 0.717) is 0 Å². The van der Waals surface area contributed by atoms with E-state index in [-0.39, 0.29) is 5.41 Å². The Morgan fingerprint density at radius 1 is 0.923 bits per heavy atom. The van der Waals surface area contributed by atoms with Crippen LogP contribution in [-0.2, 0) is 5.41 Å².